The van der Waals surface area contributed by atoms with Gasteiger partial charge in [0.2, 0.25) is 0 Å². The van der Waals surface area contributed by atoms with Gasteiger partial charge in [0.1, 0.15) is 6.54 Å². The highest BCUT2D eigenvalue weighted by atomic mass is 16.5. The molecule has 1 unspecified atom stereocenters. The number of hydrogen-bond acceptors (Lipinski definition) is 4. The van der Waals surface area contributed by atoms with Crippen molar-refractivity contribution in [3.63, 3.8) is 0 Å². The minimum absolute atomic E-state index is 0.255. The quantitative estimate of drug-likeness (QED) is 0.181. The Labute approximate surface area is 160 Å². The molecule has 1 atom stereocenters. The van der Waals surface area contributed by atoms with Gasteiger partial charge in [-0.3, -0.25) is 4.79 Å². The smallest absolute Gasteiger partial charge is 0.306 e. The molecule has 152 valence electrons. The molecular formula is C21H39NO4. The Morgan fingerprint density at radius 2 is 1.54 bits per heavy atom. The van der Waals surface area contributed by atoms with E-state index in [2.05, 4.69) is 13.0 Å². The highest BCUT2D eigenvalue weighted by molar-refractivity contribution is 5.71. The molecule has 0 rings (SSSR count). The van der Waals surface area contributed by atoms with Gasteiger partial charge in [0.15, 0.2) is 6.10 Å². The monoisotopic (exact) mass is 369 g/mol. The van der Waals surface area contributed by atoms with Crippen LogP contribution in [0.15, 0.2) is 12.2 Å². The normalized spacial score (nSPS) is 13.1. The molecule has 0 aliphatic carbocycles. The van der Waals surface area contributed by atoms with E-state index in [1.165, 1.54) is 44.9 Å². The first kappa shape index (κ1) is 24.6. The van der Waals surface area contributed by atoms with Crippen LogP contribution in [0.5, 0.6) is 0 Å². The summed E-state index contributed by atoms with van der Waals surface area (Å²) in [5, 5.41) is 10.8. The number of ether oxygens (including phenoxy) is 1. The highest BCUT2D eigenvalue weighted by Gasteiger charge is 2.22. The average Bonchev–Trinajstić information content (AvgIpc) is 2.50. The molecule has 0 N–H and O–H groups in total. The molecule has 0 saturated heterocycles. The molecule has 0 aromatic heterocycles. The zero-order chi connectivity index (χ0) is 19.8. The lowest BCUT2D eigenvalue weighted by Gasteiger charge is -2.29. The Bertz CT molecular complexity index is 413. The molecule has 5 heteroatoms. The lowest BCUT2D eigenvalue weighted by Crippen LogP contribution is -2.45. The summed E-state index contributed by atoms with van der Waals surface area (Å²) in [6, 6.07) is 0. The zero-order valence-electron chi connectivity index (χ0n) is 17.3. The van der Waals surface area contributed by atoms with E-state index in [4.69, 9.17) is 4.74 Å². The molecule has 0 fully saturated rings. The number of aliphatic carboxylic acids is 1. The van der Waals surface area contributed by atoms with Crippen LogP contribution >= 0.6 is 0 Å². The maximum Gasteiger partial charge on any atom is 0.306 e. The maximum absolute atomic E-state index is 11.9. The fourth-order valence-electron chi connectivity index (χ4n) is 2.84. The van der Waals surface area contributed by atoms with Crippen LogP contribution in [0, 0.1) is 0 Å². The number of carbonyl (C=O) groups excluding carboxylic acids is 2. The SMILES string of the molecule is CCCCCCCCCC=CCCC(=O)OC(CC(=O)[O-])C[N+](C)(C)C. The van der Waals surface area contributed by atoms with Crippen LogP contribution in [-0.4, -0.2) is 50.2 Å². The number of unbranched alkanes of at least 4 members (excludes halogenated alkanes) is 7. The number of carboxylic acids is 1. The number of quaternary nitrogens is 1. The lowest BCUT2D eigenvalue weighted by atomic mass is 10.1. The number of nitrogens with zero attached hydrogens (tertiary/aromatic N) is 1. The Kier molecular flexibility index (Phi) is 14.0. The summed E-state index contributed by atoms with van der Waals surface area (Å²) in [6.45, 7) is 2.68. The van der Waals surface area contributed by atoms with Gasteiger partial charge in [-0.15, -0.1) is 0 Å². The molecule has 26 heavy (non-hydrogen) atoms. The fraction of sp³-hybridized carbons (Fsp3) is 0.810. The second-order valence-electron chi connectivity index (χ2n) is 8.08. The van der Waals surface area contributed by atoms with E-state index in [-0.39, 0.29) is 18.8 Å². The summed E-state index contributed by atoms with van der Waals surface area (Å²) in [6.07, 6.45) is 14.3. The number of rotatable bonds is 16. The molecular weight excluding hydrogens is 330 g/mol. The number of allylic oxidation sites excluding steroid dienone is 2. The summed E-state index contributed by atoms with van der Waals surface area (Å²) in [5.41, 5.74) is 0. The van der Waals surface area contributed by atoms with Crippen molar-refractivity contribution in [2.45, 2.75) is 83.7 Å². The second-order valence-corrected chi connectivity index (χ2v) is 8.08. The summed E-state index contributed by atoms with van der Waals surface area (Å²) in [5.74, 6) is -1.53. The van der Waals surface area contributed by atoms with Crippen molar-refractivity contribution in [1.29, 1.82) is 0 Å². The van der Waals surface area contributed by atoms with Gasteiger partial charge in [0.25, 0.3) is 0 Å². The predicted molar refractivity (Wildman–Crippen MR) is 103 cm³/mol. The van der Waals surface area contributed by atoms with Gasteiger partial charge in [0, 0.05) is 18.8 Å². The first-order valence-electron chi connectivity index (χ1n) is 10.1. The molecule has 0 aromatic rings. The van der Waals surface area contributed by atoms with Crippen LogP contribution in [-0.2, 0) is 14.3 Å². The van der Waals surface area contributed by atoms with Gasteiger partial charge in [0.05, 0.1) is 21.1 Å². The average molecular weight is 370 g/mol. The van der Waals surface area contributed by atoms with Crippen molar-refractivity contribution in [3.05, 3.63) is 12.2 Å². The third-order valence-corrected chi connectivity index (χ3v) is 4.10. The van der Waals surface area contributed by atoms with Gasteiger partial charge in [-0.2, -0.15) is 0 Å². The predicted octanol–water partition coefficient (Wildman–Crippen LogP) is 3.22. The van der Waals surface area contributed by atoms with Crippen molar-refractivity contribution >= 4 is 11.9 Å². The van der Waals surface area contributed by atoms with Crippen molar-refractivity contribution in [2.75, 3.05) is 27.7 Å². The van der Waals surface area contributed by atoms with E-state index < -0.39 is 12.1 Å². The summed E-state index contributed by atoms with van der Waals surface area (Å²) >= 11 is 0. The number of carboxylic acid groups (broad SMARTS) is 1. The Balaban J connectivity index is 3.86. The molecule has 5 nitrogen and oxygen atoms in total. The van der Waals surface area contributed by atoms with E-state index >= 15 is 0 Å². The minimum atomic E-state index is -1.19. The third-order valence-electron chi connectivity index (χ3n) is 4.10. The number of hydrogen-bond donors (Lipinski definition) is 0. The Morgan fingerprint density at radius 1 is 0.962 bits per heavy atom. The Morgan fingerprint density at radius 3 is 2.12 bits per heavy atom. The summed E-state index contributed by atoms with van der Waals surface area (Å²) in [7, 11) is 5.80. The number of carbonyl (C=O) groups is 2. The van der Waals surface area contributed by atoms with Crippen LogP contribution < -0.4 is 5.11 Å². The van der Waals surface area contributed by atoms with Crippen molar-refractivity contribution in [3.8, 4) is 0 Å². The molecule has 0 saturated carbocycles. The van der Waals surface area contributed by atoms with Gasteiger partial charge in [-0.05, 0) is 19.3 Å². The lowest BCUT2D eigenvalue weighted by molar-refractivity contribution is -0.873. The number of esters is 1. The van der Waals surface area contributed by atoms with E-state index in [9.17, 15) is 14.7 Å². The van der Waals surface area contributed by atoms with Gasteiger partial charge in [-0.1, -0.05) is 57.6 Å². The van der Waals surface area contributed by atoms with Crippen LogP contribution in [0.3, 0.4) is 0 Å². The van der Waals surface area contributed by atoms with E-state index in [0.717, 1.165) is 6.42 Å². The summed E-state index contributed by atoms with van der Waals surface area (Å²) in [4.78, 5) is 22.7. The molecule has 0 radical (unpaired) electrons. The molecule has 0 amide bonds. The van der Waals surface area contributed by atoms with Crippen molar-refractivity contribution in [1.82, 2.24) is 0 Å². The largest absolute Gasteiger partial charge is 0.550 e. The van der Waals surface area contributed by atoms with Crippen molar-refractivity contribution in [2.24, 2.45) is 0 Å². The molecule has 0 spiro atoms. The fourth-order valence-corrected chi connectivity index (χ4v) is 2.84. The van der Waals surface area contributed by atoms with Gasteiger partial charge < -0.3 is 19.1 Å². The van der Waals surface area contributed by atoms with E-state index in [0.29, 0.717) is 17.4 Å². The zero-order valence-corrected chi connectivity index (χ0v) is 17.3. The topological polar surface area (TPSA) is 66.4 Å². The second kappa shape index (κ2) is 14.8. The van der Waals surface area contributed by atoms with E-state index in [1.807, 2.05) is 27.2 Å². The van der Waals surface area contributed by atoms with Gasteiger partial charge in [-0.25, -0.2) is 0 Å². The van der Waals surface area contributed by atoms with E-state index in [1.54, 1.807) is 0 Å². The number of likely N-dealkylation sites (N-methyl/N-ethyl adjacent to an activating group) is 1. The minimum Gasteiger partial charge on any atom is -0.550 e. The van der Waals surface area contributed by atoms with Crippen molar-refractivity contribution < 1.29 is 23.9 Å². The van der Waals surface area contributed by atoms with Crippen LogP contribution in [0.1, 0.15) is 77.6 Å². The van der Waals surface area contributed by atoms with Crippen LogP contribution in [0.25, 0.3) is 0 Å². The molecule has 0 aliphatic rings. The first-order valence-corrected chi connectivity index (χ1v) is 10.1. The van der Waals surface area contributed by atoms with Gasteiger partial charge >= 0.3 is 5.97 Å². The highest BCUT2D eigenvalue weighted by Crippen LogP contribution is 2.10. The van der Waals surface area contributed by atoms with Crippen LogP contribution in [0.4, 0.5) is 0 Å². The third kappa shape index (κ3) is 17.5. The van der Waals surface area contributed by atoms with Crippen LogP contribution in [0.2, 0.25) is 0 Å². The Hall–Kier alpha value is -1.36. The standard InChI is InChI=1S/C21H39NO4/c1-5-6-7-8-9-10-11-12-13-14-15-16-21(25)26-19(17-20(23)24)18-22(2,3)4/h13-14,19H,5-12,15-18H2,1-4H3. The first-order chi connectivity index (χ1) is 12.2. The maximum atomic E-state index is 11.9. The summed E-state index contributed by atoms with van der Waals surface area (Å²) < 4.78 is 5.85. The molecule has 0 heterocycles. The molecule has 0 aliphatic heterocycles. The molecule has 0 aromatic carbocycles. The molecule has 0 bridgehead atoms.